The van der Waals surface area contributed by atoms with Gasteiger partial charge in [-0.25, -0.2) is 0 Å². The van der Waals surface area contributed by atoms with Gasteiger partial charge >= 0.3 is 6.18 Å². The lowest BCUT2D eigenvalue weighted by molar-refractivity contribution is -0.137. The van der Waals surface area contributed by atoms with E-state index in [1.807, 2.05) is 24.3 Å². The molecule has 3 aromatic rings. The number of nitrogens with one attached hydrogen (secondary N) is 1. The second kappa shape index (κ2) is 11.6. The van der Waals surface area contributed by atoms with Gasteiger partial charge in [-0.2, -0.15) is 13.2 Å². The normalized spacial score (nSPS) is 18.8. The van der Waals surface area contributed by atoms with Gasteiger partial charge in [0.05, 0.1) is 36.4 Å². The number of benzene rings is 2. The fourth-order valence-corrected chi connectivity index (χ4v) is 6.43. The maximum Gasteiger partial charge on any atom is 0.416 e. The van der Waals surface area contributed by atoms with Crippen molar-refractivity contribution >= 4 is 17.7 Å². The largest absolute Gasteiger partial charge is 0.497 e. The molecule has 2 heterocycles. The monoisotopic (exact) mass is 560 g/mol. The fraction of sp³-hybridized carbons (Fsp3) is 0.464. The van der Waals surface area contributed by atoms with Crippen LogP contribution in [-0.4, -0.2) is 46.2 Å². The lowest BCUT2D eigenvalue weighted by Crippen LogP contribution is -2.42. The Morgan fingerprint density at radius 3 is 2.59 bits per heavy atom. The van der Waals surface area contributed by atoms with Crippen LogP contribution in [0, 0.1) is 0 Å². The van der Waals surface area contributed by atoms with Crippen molar-refractivity contribution in [3.63, 3.8) is 0 Å². The van der Waals surface area contributed by atoms with Crippen molar-refractivity contribution in [1.29, 1.82) is 0 Å². The number of halogens is 3. The van der Waals surface area contributed by atoms with E-state index in [1.165, 1.54) is 17.8 Å². The van der Waals surface area contributed by atoms with Crippen molar-refractivity contribution in [2.45, 2.75) is 67.9 Å². The number of nitrogens with zero attached hydrogens (tertiary/aromatic N) is 3. The summed E-state index contributed by atoms with van der Waals surface area (Å²) in [6.45, 7) is 0.735. The van der Waals surface area contributed by atoms with Crippen LogP contribution in [0.4, 0.5) is 13.2 Å². The second-order valence-electron chi connectivity index (χ2n) is 9.93. The lowest BCUT2D eigenvalue weighted by atomic mass is 9.78. The van der Waals surface area contributed by atoms with E-state index in [0.717, 1.165) is 49.1 Å². The van der Waals surface area contributed by atoms with Crippen LogP contribution in [-0.2, 0) is 27.7 Å². The van der Waals surface area contributed by atoms with Gasteiger partial charge in [-0.3, -0.25) is 9.36 Å². The number of carbonyl (C=O) groups is 1. The molecular formula is C28H31F3N4O3S. The highest BCUT2D eigenvalue weighted by Crippen LogP contribution is 2.42. The molecule has 1 aliphatic heterocycles. The number of rotatable bonds is 9. The van der Waals surface area contributed by atoms with Gasteiger partial charge in [0.25, 0.3) is 0 Å². The smallest absolute Gasteiger partial charge is 0.416 e. The Hall–Kier alpha value is -3.05. The molecule has 1 aliphatic carbocycles. The van der Waals surface area contributed by atoms with E-state index in [0.29, 0.717) is 41.9 Å². The number of aromatic nitrogens is 3. The molecule has 208 valence electrons. The molecule has 1 unspecified atom stereocenters. The molecule has 2 fully saturated rings. The number of thioether (sulfide) groups is 1. The molecule has 5 rings (SSSR count). The van der Waals surface area contributed by atoms with Crippen LogP contribution in [0.5, 0.6) is 5.75 Å². The number of methoxy groups -OCH3 is 1. The predicted octanol–water partition coefficient (Wildman–Crippen LogP) is 5.69. The molecule has 0 bridgehead atoms. The predicted molar refractivity (Wildman–Crippen MR) is 141 cm³/mol. The quantitative estimate of drug-likeness (QED) is 0.339. The summed E-state index contributed by atoms with van der Waals surface area (Å²) >= 11 is 1.39. The lowest BCUT2D eigenvalue weighted by Gasteiger charge is -2.28. The number of carbonyl (C=O) groups excluding carboxylic acids is 1. The molecule has 1 atom stereocenters. The van der Waals surface area contributed by atoms with Crippen molar-refractivity contribution < 1.29 is 27.4 Å². The molecule has 1 saturated carbocycles. The standard InChI is InChI=1S/C28H31F3N4O3S/c1-37-22-11-9-19(10-12-22)27(13-2-3-14-27)25(36)32-17-24-33-34-26(39-18-23-8-5-15-38-23)35(24)21-7-4-6-20(16-21)28(29,30)31/h4,6-7,9-12,16,23H,2-3,5,8,13-15,17-18H2,1H3,(H,32,36). The summed E-state index contributed by atoms with van der Waals surface area (Å²) < 4.78 is 53.1. The Morgan fingerprint density at radius 2 is 1.92 bits per heavy atom. The van der Waals surface area contributed by atoms with E-state index in [-0.39, 0.29) is 18.6 Å². The van der Waals surface area contributed by atoms with E-state index < -0.39 is 17.2 Å². The van der Waals surface area contributed by atoms with Crippen molar-refractivity contribution in [3.8, 4) is 11.4 Å². The highest BCUT2D eigenvalue weighted by molar-refractivity contribution is 7.99. The van der Waals surface area contributed by atoms with Gasteiger partial charge in [0.15, 0.2) is 11.0 Å². The summed E-state index contributed by atoms with van der Waals surface area (Å²) in [5.74, 6) is 1.57. The van der Waals surface area contributed by atoms with E-state index >= 15 is 0 Å². The Bertz CT molecular complexity index is 1280. The molecule has 1 saturated heterocycles. The average Bonchev–Trinajstić information content (AvgIpc) is 3.72. The summed E-state index contributed by atoms with van der Waals surface area (Å²) in [6.07, 6.45) is 0.795. The minimum Gasteiger partial charge on any atom is -0.497 e. The number of amides is 1. The molecule has 1 N–H and O–H groups in total. The molecule has 0 spiro atoms. The first-order chi connectivity index (χ1) is 18.8. The Kier molecular flexibility index (Phi) is 8.18. The third-order valence-corrected chi connectivity index (χ3v) is 8.56. The first kappa shape index (κ1) is 27.5. The van der Waals surface area contributed by atoms with Crippen molar-refractivity contribution in [2.24, 2.45) is 0 Å². The molecule has 1 aromatic heterocycles. The molecule has 1 amide bonds. The van der Waals surface area contributed by atoms with Crippen LogP contribution in [0.2, 0.25) is 0 Å². The number of hydrogen-bond acceptors (Lipinski definition) is 6. The first-order valence-electron chi connectivity index (χ1n) is 13.1. The summed E-state index contributed by atoms with van der Waals surface area (Å²) in [6, 6.07) is 12.6. The molecule has 2 aromatic carbocycles. The van der Waals surface area contributed by atoms with Crippen LogP contribution < -0.4 is 10.1 Å². The zero-order chi connectivity index (χ0) is 27.5. The number of ether oxygens (including phenoxy) is 2. The van der Waals surface area contributed by atoms with E-state index in [4.69, 9.17) is 9.47 Å². The van der Waals surface area contributed by atoms with Crippen molar-refractivity contribution in [2.75, 3.05) is 19.5 Å². The van der Waals surface area contributed by atoms with Gasteiger partial charge in [-0.05, 0) is 61.6 Å². The average molecular weight is 561 g/mol. The third-order valence-electron chi connectivity index (χ3n) is 7.50. The van der Waals surface area contributed by atoms with Gasteiger partial charge in [-0.15, -0.1) is 10.2 Å². The zero-order valence-corrected chi connectivity index (χ0v) is 22.5. The Labute approximate surface area is 229 Å². The topological polar surface area (TPSA) is 78.3 Å². The summed E-state index contributed by atoms with van der Waals surface area (Å²) in [7, 11) is 1.60. The molecule has 2 aliphatic rings. The molecule has 0 radical (unpaired) electrons. The maximum atomic E-state index is 13.7. The van der Waals surface area contributed by atoms with E-state index in [9.17, 15) is 18.0 Å². The van der Waals surface area contributed by atoms with Crippen LogP contribution in [0.25, 0.3) is 5.69 Å². The van der Waals surface area contributed by atoms with Crippen LogP contribution in [0.3, 0.4) is 0 Å². The van der Waals surface area contributed by atoms with Crippen molar-refractivity contribution in [1.82, 2.24) is 20.1 Å². The maximum absolute atomic E-state index is 13.7. The van der Waals surface area contributed by atoms with Gasteiger partial charge in [0.1, 0.15) is 5.75 Å². The van der Waals surface area contributed by atoms with Crippen LogP contribution in [0.1, 0.15) is 55.5 Å². The minimum atomic E-state index is -4.49. The number of hydrogen-bond donors (Lipinski definition) is 1. The van der Waals surface area contributed by atoms with Gasteiger partial charge in [0, 0.05) is 12.4 Å². The minimum absolute atomic E-state index is 0.0282. The van der Waals surface area contributed by atoms with E-state index in [1.54, 1.807) is 17.7 Å². The zero-order valence-electron chi connectivity index (χ0n) is 21.7. The van der Waals surface area contributed by atoms with Gasteiger partial charge < -0.3 is 14.8 Å². The SMILES string of the molecule is COc1ccc(C2(C(=O)NCc3nnc(SCC4CCCO4)n3-c3cccc(C(F)(F)F)c3)CCCC2)cc1. The summed E-state index contributed by atoms with van der Waals surface area (Å²) in [4.78, 5) is 13.7. The number of alkyl halides is 3. The van der Waals surface area contributed by atoms with Crippen molar-refractivity contribution in [3.05, 3.63) is 65.5 Å². The third kappa shape index (κ3) is 5.94. The summed E-state index contributed by atoms with van der Waals surface area (Å²) in [5.41, 5.74) is -0.224. The van der Waals surface area contributed by atoms with Gasteiger partial charge in [-0.1, -0.05) is 42.8 Å². The Balaban J connectivity index is 1.41. The Morgan fingerprint density at radius 1 is 1.15 bits per heavy atom. The molecular weight excluding hydrogens is 529 g/mol. The van der Waals surface area contributed by atoms with Gasteiger partial charge in [0.2, 0.25) is 5.91 Å². The molecule has 11 heteroatoms. The fourth-order valence-electron chi connectivity index (χ4n) is 5.40. The first-order valence-corrected chi connectivity index (χ1v) is 14.1. The second-order valence-corrected chi connectivity index (χ2v) is 10.9. The van der Waals surface area contributed by atoms with E-state index in [2.05, 4.69) is 15.5 Å². The highest BCUT2D eigenvalue weighted by atomic mass is 32.2. The van der Waals surface area contributed by atoms with Crippen LogP contribution >= 0.6 is 11.8 Å². The summed E-state index contributed by atoms with van der Waals surface area (Å²) in [5, 5.41) is 12.1. The molecule has 39 heavy (non-hydrogen) atoms. The molecule has 7 nitrogen and oxygen atoms in total. The van der Waals surface area contributed by atoms with Crippen LogP contribution in [0.15, 0.2) is 53.7 Å². The highest BCUT2D eigenvalue weighted by Gasteiger charge is 2.42.